The molecule has 22 heavy (non-hydrogen) atoms. The number of rotatable bonds is 5. The van der Waals surface area contributed by atoms with Gasteiger partial charge >= 0.3 is 5.97 Å². The van der Waals surface area contributed by atoms with Gasteiger partial charge in [-0.05, 0) is 31.0 Å². The molecule has 0 amide bonds. The number of methoxy groups -OCH3 is 1. The van der Waals surface area contributed by atoms with Crippen molar-refractivity contribution in [3.8, 4) is 6.07 Å². The minimum atomic E-state index is -0.324. The Hall–Kier alpha value is -1.58. The highest BCUT2D eigenvalue weighted by Gasteiger charge is 2.23. The van der Waals surface area contributed by atoms with Crippen LogP contribution in [0.3, 0.4) is 0 Å². The average molecular weight is 367 g/mol. The number of piperidine rings is 1. The van der Waals surface area contributed by atoms with Crippen LogP contribution in [0, 0.1) is 11.3 Å². The Balaban J connectivity index is 2.03. The van der Waals surface area contributed by atoms with Crippen LogP contribution in [-0.2, 0) is 9.47 Å². The number of carbonyl (C=O) groups is 1. The van der Waals surface area contributed by atoms with Crippen molar-refractivity contribution in [2.45, 2.75) is 25.4 Å². The maximum Gasteiger partial charge on any atom is 0.339 e. The lowest BCUT2D eigenvalue weighted by Crippen LogP contribution is -2.38. The fourth-order valence-electron chi connectivity index (χ4n) is 2.58. The first-order valence-electron chi connectivity index (χ1n) is 7.27. The zero-order valence-corrected chi connectivity index (χ0v) is 14.1. The van der Waals surface area contributed by atoms with Gasteiger partial charge in [0.25, 0.3) is 0 Å². The third-order valence-electron chi connectivity index (χ3n) is 3.72. The van der Waals surface area contributed by atoms with E-state index < -0.39 is 0 Å². The first-order chi connectivity index (χ1) is 10.7. The summed E-state index contributed by atoms with van der Waals surface area (Å²) in [6, 6.07) is 7.65. The first-order valence-corrected chi connectivity index (χ1v) is 8.06. The van der Waals surface area contributed by atoms with Gasteiger partial charge in [0.15, 0.2) is 0 Å². The molecule has 0 aliphatic carbocycles. The number of esters is 1. The first kappa shape index (κ1) is 16.8. The summed E-state index contributed by atoms with van der Waals surface area (Å²) in [6.45, 7) is 2.13. The number of hydrogen-bond donors (Lipinski definition) is 0. The molecule has 0 N–H and O–H groups in total. The van der Waals surface area contributed by atoms with E-state index in [1.165, 1.54) is 7.11 Å². The highest BCUT2D eigenvalue weighted by Crippen LogP contribution is 2.29. The van der Waals surface area contributed by atoms with Crippen LogP contribution in [-0.4, -0.2) is 38.9 Å². The molecule has 2 rings (SSSR count). The smallest absolute Gasteiger partial charge is 0.339 e. The van der Waals surface area contributed by atoms with Crippen molar-refractivity contribution in [2.75, 3.05) is 31.7 Å². The summed E-state index contributed by atoms with van der Waals surface area (Å²) in [7, 11) is 1.39. The molecule has 0 saturated carbocycles. The van der Waals surface area contributed by atoms with E-state index in [4.69, 9.17) is 14.7 Å². The van der Waals surface area contributed by atoms with Crippen molar-refractivity contribution in [1.82, 2.24) is 0 Å². The maximum atomic E-state index is 11.9. The fraction of sp³-hybridized carbons (Fsp3) is 0.500. The number of hydrogen-bond acceptors (Lipinski definition) is 5. The van der Waals surface area contributed by atoms with E-state index in [1.54, 1.807) is 6.07 Å². The Morgan fingerprint density at radius 2 is 2.18 bits per heavy atom. The molecular weight excluding hydrogens is 348 g/mol. The van der Waals surface area contributed by atoms with E-state index in [-0.39, 0.29) is 12.1 Å². The van der Waals surface area contributed by atoms with Gasteiger partial charge in [-0.2, -0.15) is 5.26 Å². The molecule has 0 unspecified atom stereocenters. The molecule has 1 saturated heterocycles. The van der Waals surface area contributed by atoms with Gasteiger partial charge < -0.3 is 14.4 Å². The number of nitriles is 1. The topological polar surface area (TPSA) is 62.6 Å². The monoisotopic (exact) mass is 366 g/mol. The van der Waals surface area contributed by atoms with Crippen LogP contribution in [0.2, 0.25) is 0 Å². The quantitative estimate of drug-likeness (QED) is 0.591. The lowest BCUT2D eigenvalue weighted by molar-refractivity contribution is 0.0406. The maximum absolute atomic E-state index is 11.9. The van der Waals surface area contributed by atoms with E-state index in [0.29, 0.717) is 18.6 Å². The fourth-order valence-corrected chi connectivity index (χ4v) is 2.93. The third kappa shape index (κ3) is 4.21. The Morgan fingerprint density at radius 1 is 1.45 bits per heavy atom. The van der Waals surface area contributed by atoms with E-state index in [0.717, 1.165) is 36.1 Å². The Bertz CT molecular complexity index is 563. The molecule has 1 heterocycles. The predicted molar refractivity (Wildman–Crippen MR) is 86.9 cm³/mol. The summed E-state index contributed by atoms with van der Waals surface area (Å²) in [4.78, 5) is 14.1. The van der Waals surface area contributed by atoms with Gasteiger partial charge in [-0.25, -0.2) is 4.79 Å². The molecule has 0 atom stereocenters. The molecule has 6 heteroatoms. The molecule has 1 fully saturated rings. The normalized spacial score (nSPS) is 15.4. The van der Waals surface area contributed by atoms with Crippen molar-refractivity contribution in [2.24, 2.45) is 0 Å². The lowest BCUT2D eigenvalue weighted by atomic mass is 10.0. The molecule has 0 radical (unpaired) electrons. The second-order valence-electron chi connectivity index (χ2n) is 5.12. The zero-order chi connectivity index (χ0) is 15.9. The molecular formula is C16H19BrN2O3. The van der Waals surface area contributed by atoms with Crippen molar-refractivity contribution >= 4 is 27.6 Å². The third-order valence-corrected chi connectivity index (χ3v) is 4.21. The van der Waals surface area contributed by atoms with Crippen LogP contribution in [0.25, 0.3) is 0 Å². The van der Waals surface area contributed by atoms with Crippen LogP contribution in [0.5, 0.6) is 0 Å². The molecule has 1 aliphatic rings. The van der Waals surface area contributed by atoms with E-state index in [1.807, 2.05) is 12.1 Å². The van der Waals surface area contributed by atoms with E-state index in [9.17, 15) is 4.79 Å². The molecule has 0 bridgehead atoms. The number of carbonyl (C=O) groups excluding carboxylic acids is 1. The molecule has 1 aliphatic heterocycles. The largest absolute Gasteiger partial charge is 0.465 e. The molecule has 1 aromatic carbocycles. The summed E-state index contributed by atoms with van der Waals surface area (Å²) in [6.07, 6.45) is 2.40. The molecule has 0 spiro atoms. The van der Waals surface area contributed by atoms with Crippen LogP contribution in [0.1, 0.15) is 29.6 Å². The highest BCUT2D eigenvalue weighted by molar-refractivity contribution is 9.10. The second kappa shape index (κ2) is 8.16. The van der Waals surface area contributed by atoms with Crippen molar-refractivity contribution in [3.05, 3.63) is 28.2 Å². The van der Waals surface area contributed by atoms with Crippen molar-refractivity contribution < 1.29 is 14.3 Å². The van der Waals surface area contributed by atoms with Gasteiger partial charge in [0.05, 0.1) is 43.6 Å². The summed E-state index contributed by atoms with van der Waals surface area (Å²) in [5, 5.41) is 8.53. The van der Waals surface area contributed by atoms with Gasteiger partial charge in [0.2, 0.25) is 0 Å². The van der Waals surface area contributed by atoms with Gasteiger partial charge in [-0.3, -0.25) is 0 Å². The van der Waals surface area contributed by atoms with Gasteiger partial charge in [-0.1, -0.05) is 15.9 Å². The van der Waals surface area contributed by atoms with Gasteiger partial charge in [-0.15, -0.1) is 0 Å². The molecule has 118 valence electrons. The summed E-state index contributed by atoms with van der Waals surface area (Å²) < 4.78 is 11.5. The van der Waals surface area contributed by atoms with E-state index in [2.05, 4.69) is 26.9 Å². The number of ether oxygens (including phenoxy) is 2. The standard InChI is InChI=1S/C16H19BrN2O3/c1-21-16(20)14-4-3-12(17)11-15(14)19-8-5-13(6-9-19)22-10-2-7-18/h3-4,11,13H,2,5-6,8-10H2,1H3. The summed E-state index contributed by atoms with van der Waals surface area (Å²) in [5.74, 6) is -0.324. The highest BCUT2D eigenvalue weighted by atomic mass is 79.9. The van der Waals surface area contributed by atoms with Gasteiger partial charge in [0, 0.05) is 17.6 Å². The van der Waals surface area contributed by atoms with Crippen molar-refractivity contribution in [1.29, 1.82) is 5.26 Å². The zero-order valence-electron chi connectivity index (χ0n) is 12.5. The molecule has 0 aromatic heterocycles. The minimum absolute atomic E-state index is 0.193. The van der Waals surface area contributed by atoms with Crippen LogP contribution in [0.4, 0.5) is 5.69 Å². The SMILES string of the molecule is COC(=O)c1ccc(Br)cc1N1CCC(OCCC#N)CC1. The predicted octanol–water partition coefficient (Wildman–Crippen LogP) is 3.13. The Labute approximate surface area is 138 Å². The van der Waals surface area contributed by atoms with Crippen LogP contribution in [0.15, 0.2) is 22.7 Å². The molecule has 5 nitrogen and oxygen atoms in total. The number of halogens is 1. The van der Waals surface area contributed by atoms with Crippen LogP contribution < -0.4 is 4.90 Å². The number of benzene rings is 1. The minimum Gasteiger partial charge on any atom is -0.465 e. The number of anilines is 1. The number of nitrogens with zero attached hydrogens (tertiary/aromatic N) is 2. The van der Waals surface area contributed by atoms with Gasteiger partial charge in [0.1, 0.15) is 0 Å². The molecule has 1 aromatic rings. The summed E-state index contributed by atoms with van der Waals surface area (Å²) >= 11 is 3.45. The Morgan fingerprint density at radius 3 is 2.82 bits per heavy atom. The van der Waals surface area contributed by atoms with Crippen LogP contribution >= 0.6 is 15.9 Å². The second-order valence-corrected chi connectivity index (χ2v) is 6.03. The van der Waals surface area contributed by atoms with Crippen molar-refractivity contribution in [3.63, 3.8) is 0 Å². The summed E-state index contributed by atoms with van der Waals surface area (Å²) in [5.41, 5.74) is 1.46. The Kier molecular flexibility index (Phi) is 6.22. The lowest BCUT2D eigenvalue weighted by Gasteiger charge is -2.34. The van der Waals surface area contributed by atoms with E-state index >= 15 is 0 Å². The average Bonchev–Trinajstić information content (AvgIpc) is 2.55.